The van der Waals surface area contributed by atoms with Gasteiger partial charge in [0.15, 0.2) is 11.5 Å². The van der Waals surface area contributed by atoms with Gasteiger partial charge in [-0.1, -0.05) is 19.1 Å². The molecule has 1 rings (SSSR count). The normalized spacial score (nSPS) is 9.65. The molecule has 5 nitrogen and oxygen atoms in total. The van der Waals surface area contributed by atoms with Crippen molar-refractivity contribution in [1.82, 2.24) is 5.32 Å². The standard InChI is InChI=1S/C15H20N2O3/c1-3-11-20-15-12(5-4-6-13(15)19-2)8-10-17-14(18)7-9-16/h4-6H,3,7-8,10-11H2,1-2H3,(H,17,18). The van der Waals surface area contributed by atoms with E-state index in [9.17, 15) is 4.79 Å². The topological polar surface area (TPSA) is 71.3 Å². The molecule has 1 aromatic carbocycles. The molecule has 1 aromatic rings. The number of nitrogens with one attached hydrogen (secondary N) is 1. The molecular formula is C15H20N2O3. The number of rotatable bonds is 8. The lowest BCUT2D eigenvalue weighted by Crippen LogP contribution is -2.25. The minimum Gasteiger partial charge on any atom is -0.493 e. The van der Waals surface area contributed by atoms with E-state index in [0.29, 0.717) is 25.3 Å². The van der Waals surface area contributed by atoms with E-state index < -0.39 is 0 Å². The van der Waals surface area contributed by atoms with Gasteiger partial charge in [-0.3, -0.25) is 4.79 Å². The molecule has 0 spiro atoms. The highest BCUT2D eigenvalue weighted by Gasteiger charge is 2.10. The minimum absolute atomic E-state index is 0.114. The van der Waals surface area contributed by atoms with Crippen molar-refractivity contribution in [3.63, 3.8) is 0 Å². The third kappa shape index (κ3) is 4.81. The van der Waals surface area contributed by atoms with Crippen LogP contribution in [0.3, 0.4) is 0 Å². The van der Waals surface area contributed by atoms with E-state index in [1.165, 1.54) is 0 Å². The van der Waals surface area contributed by atoms with Gasteiger partial charge >= 0.3 is 0 Å². The molecule has 20 heavy (non-hydrogen) atoms. The van der Waals surface area contributed by atoms with Gasteiger partial charge in [0.05, 0.1) is 19.8 Å². The van der Waals surface area contributed by atoms with Crippen LogP contribution in [0.4, 0.5) is 0 Å². The van der Waals surface area contributed by atoms with Gasteiger partial charge in [-0.25, -0.2) is 0 Å². The Kier molecular flexibility index (Phi) is 6.97. The lowest BCUT2D eigenvalue weighted by molar-refractivity contribution is -0.120. The molecule has 0 unspecified atom stereocenters. The Hall–Kier alpha value is -2.22. The molecule has 0 aliphatic carbocycles. The molecule has 0 aliphatic rings. The first-order valence-electron chi connectivity index (χ1n) is 6.65. The maximum absolute atomic E-state index is 11.2. The molecule has 1 amide bonds. The summed E-state index contributed by atoms with van der Waals surface area (Å²) in [5, 5.41) is 11.1. The van der Waals surface area contributed by atoms with Crippen LogP contribution in [0.1, 0.15) is 25.3 Å². The van der Waals surface area contributed by atoms with Gasteiger partial charge in [0, 0.05) is 6.54 Å². The fraction of sp³-hybridized carbons (Fsp3) is 0.467. The smallest absolute Gasteiger partial charge is 0.234 e. The molecular weight excluding hydrogens is 256 g/mol. The van der Waals surface area contributed by atoms with Gasteiger partial charge in [-0.2, -0.15) is 5.26 Å². The minimum atomic E-state index is -0.258. The third-order valence-electron chi connectivity index (χ3n) is 2.69. The summed E-state index contributed by atoms with van der Waals surface area (Å²) in [6, 6.07) is 7.51. The zero-order valence-corrected chi connectivity index (χ0v) is 11.9. The maximum Gasteiger partial charge on any atom is 0.234 e. The summed E-state index contributed by atoms with van der Waals surface area (Å²) in [4.78, 5) is 11.2. The summed E-state index contributed by atoms with van der Waals surface area (Å²) in [5.74, 6) is 1.16. The predicted octanol–water partition coefficient (Wildman–Crippen LogP) is 2.06. The first kappa shape index (κ1) is 15.8. The van der Waals surface area contributed by atoms with E-state index in [4.69, 9.17) is 14.7 Å². The molecule has 0 heterocycles. The Bertz CT molecular complexity index is 480. The second kappa shape index (κ2) is 8.81. The molecule has 0 saturated carbocycles. The quantitative estimate of drug-likeness (QED) is 0.789. The van der Waals surface area contributed by atoms with Crippen LogP contribution >= 0.6 is 0 Å². The number of para-hydroxylation sites is 1. The van der Waals surface area contributed by atoms with Gasteiger partial charge in [0.2, 0.25) is 5.91 Å². The molecule has 1 N–H and O–H groups in total. The van der Waals surface area contributed by atoms with E-state index in [1.807, 2.05) is 31.2 Å². The predicted molar refractivity (Wildman–Crippen MR) is 75.7 cm³/mol. The molecule has 0 bridgehead atoms. The van der Waals surface area contributed by atoms with E-state index in [-0.39, 0.29) is 12.3 Å². The molecule has 5 heteroatoms. The number of nitrogens with zero attached hydrogens (tertiary/aromatic N) is 1. The molecule has 0 atom stereocenters. The zero-order chi connectivity index (χ0) is 14.8. The lowest BCUT2D eigenvalue weighted by Gasteiger charge is -2.14. The Morgan fingerprint density at radius 3 is 2.90 bits per heavy atom. The van der Waals surface area contributed by atoms with E-state index in [1.54, 1.807) is 7.11 Å². The first-order valence-corrected chi connectivity index (χ1v) is 6.65. The molecule has 0 aliphatic heterocycles. The number of ether oxygens (including phenoxy) is 2. The molecule has 0 radical (unpaired) electrons. The molecule has 0 fully saturated rings. The number of benzene rings is 1. The average molecular weight is 276 g/mol. The van der Waals surface area contributed by atoms with E-state index >= 15 is 0 Å². The van der Waals surface area contributed by atoms with Crippen molar-refractivity contribution in [2.75, 3.05) is 20.3 Å². The van der Waals surface area contributed by atoms with Crippen molar-refractivity contribution in [1.29, 1.82) is 5.26 Å². The summed E-state index contributed by atoms with van der Waals surface area (Å²) in [7, 11) is 1.60. The van der Waals surface area contributed by atoms with Crippen molar-refractivity contribution < 1.29 is 14.3 Å². The Balaban J connectivity index is 2.68. The second-order valence-electron chi connectivity index (χ2n) is 4.23. The summed E-state index contributed by atoms with van der Waals surface area (Å²) >= 11 is 0. The van der Waals surface area contributed by atoms with Crippen LogP contribution in [0.5, 0.6) is 11.5 Å². The third-order valence-corrected chi connectivity index (χ3v) is 2.69. The first-order chi connectivity index (χ1) is 9.72. The van der Waals surface area contributed by atoms with Crippen LogP contribution in [-0.2, 0) is 11.2 Å². The maximum atomic E-state index is 11.2. The van der Waals surface area contributed by atoms with Crippen molar-refractivity contribution in [3.8, 4) is 17.6 Å². The fourth-order valence-corrected chi connectivity index (χ4v) is 1.76. The van der Waals surface area contributed by atoms with Gasteiger partial charge in [-0.15, -0.1) is 0 Å². The highest BCUT2D eigenvalue weighted by Crippen LogP contribution is 2.31. The van der Waals surface area contributed by atoms with Crippen LogP contribution in [-0.4, -0.2) is 26.2 Å². The fourth-order valence-electron chi connectivity index (χ4n) is 1.76. The van der Waals surface area contributed by atoms with Crippen molar-refractivity contribution in [3.05, 3.63) is 23.8 Å². The van der Waals surface area contributed by atoms with E-state index in [0.717, 1.165) is 17.7 Å². The summed E-state index contributed by atoms with van der Waals surface area (Å²) in [5.41, 5.74) is 0.982. The summed E-state index contributed by atoms with van der Waals surface area (Å²) in [6.45, 7) is 3.13. The van der Waals surface area contributed by atoms with Gasteiger partial charge in [0.25, 0.3) is 0 Å². The average Bonchev–Trinajstić information content (AvgIpc) is 2.45. The van der Waals surface area contributed by atoms with Crippen LogP contribution in [0.15, 0.2) is 18.2 Å². The van der Waals surface area contributed by atoms with Crippen LogP contribution in [0, 0.1) is 11.3 Å². The number of carbonyl (C=O) groups is 1. The Morgan fingerprint density at radius 2 is 2.25 bits per heavy atom. The highest BCUT2D eigenvalue weighted by molar-refractivity contribution is 5.77. The van der Waals surface area contributed by atoms with Crippen LogP contribution < -0.4 is 14.8 Å². The molecule has 0 saturated heterocycles. The number of methoxy groups -OCH3 is 1. The number of amides is 1. The number of hydrogen-bond donors (Lipinski definition) is 1. The van der Waals surface area contributed by atoms with Crippen molar-refractivity contribution >= 4 is 5.91 Å². The van der Waals surface area contributed by atoms with Crippen LogP contribution in [0.25, 0.3) is 0 Å². The number of nitriles is 1. The lowest BCUT2D eigenvalue weighted by atomic mass is 10.1. The zero-order valence-electron chi connectivity index (χ0n) is 11.9. The van der Waals surface area contributed by atoms with Gasteiger partial charge in [-0.05, 0) is 24.5 Å². The largest absolute Gasteiger partial charge is 0.493 e. The van der Waals surface area contributed by atoms with E-state index in [2.05, 4.69) is 5.32 Å². The van der Waals surface area contributed by atoms with Crippen molar-refractivity contribution in [2.24, 2.45) is 0 Å². The van der Waals surface area contributed by atoms with Crippen molar-refractivity contribution in [2.45, 2.75) is 26.2 Å². The summed E-state index contributed by atoms with van der Waals surface area (Å²) in [6.07, 6.45) is 1.43. The molecule has 108 valence electrons. The molecule has 0 aromatic heterocycles. The van der Waals surface area contributed by atoms with Gasteiger partial charge in [0.1, 0.15) is 6.42 Å². The van der Waals surface area contributed by atoms with Crippen LogP contribution in [0.2, 0.25) is 0 Å². The number of hydrogen-bond acceptors (Lipinski definition) is 4. The Morgan fingerprint density at radius 1 is 1.45 bits per heavy atom. The number of carbonyl (C=O) groups excluding carboxylic acids is 1. The SMILES string of the molecule is CCCOc1c(CCNC(=O)CC#N)cccc1OC. The second-order valence-corrected chi connectivity index (χ2v) is 4.23. The Labute approximate surface area is 119 Å². The monoisotopic (exact) mass is 276 g/mol. The highest BCUT2D eigenvalue weighted by atomic mass is 16.5. The van der Waals surface area contributed by atoms with Gasteiger partial charge < -0.3 is 14.8 Å². The summed E-state index contributed by atoms with van der Waals surface area (Å²) < 4.78 is 11.0.